The van der Waals surface area contributed by atoms with Gasteiger partial charge in [-0.3, -0.25) is 9.69 Å². The molecule has 1 saturated heterocycles. The van der Waals surface area contributed by atoms with Crippen molar-refractivity contribution >= 4 is 5.78 Å². The number of carbonyl (C=O) groups is 1. The van der Waals surface area contributed by atoms with Crippen LogP contribution >= 0.6 is 0 Å². The zero-order chi connectivity index (χ0) is 13.6. The van der Waals surface area contributed by atoms with Crippen molar-refractivity contribution in [2.24, 2.45) is 5.92 Å². The Balaban J connectivity index is 1.68. The zero-order valence-electron chi connectivity index (χ0n) is 12.1. The number of Topliss-reactive ketones (excluding diaryl/α,β-unsaturated/α-hetero) is 1. The smallest absolute Gasteiger partial charge is 0.138 e. The van der Waals surface area contributed by atoms with Gasteiger partial charge in [-0.05, 0) is 56.7 Å². The molecule has 2 bridgehead atoms. The third-order valence-electron chi connectivity index (χ3n) is 5.93. The van der Waals surface area contributed by atoms with E-state index >= 15 is 0 Å². The van der Waals surface area contributed by atoms with E-state index in [2.05, 4.69) is 35.2 Å². The van der Waals surface area contributed by atoms with Crippen LogP contribution in [0.5, 0.6) is 0 Å². The minimum atomic E-state index is 0.197. The van der Waals surface area contributed by atoms with Crippen LogP contribution in [0.3, 0.4) is 0 Å². The molecule has 4 fully saturated rings. The molecule has 1 heterocycles. The maximum Gasteiger partial charge on any atom is 0.138 e. The topological polar surface area (TPSA) is 20.3 Å². The van der Waals surface area contributed by atoms with Gasteiger partial charge in [0.1, 0.15) is 5.78 Å². The van der Waals surface area contributed by atoms with Gasteiger partial charge in [0.15, 0.2) is 0 Å². The summed E-state index contributed by atoms with van der Waals surface area (Å²) >= 11 is 0. The quantitative estimate of drug-likeness (QED) is 0.820. The first-order valence-corrected chi connectivity index (χ1v) is 8.11. The summed E-state index contributed by atoms with van der Waals surface area (Å²) in [4.78, 5) is 15.2. The molecule has 1 aromatic carbocycles. The van der Waals surface area contributed by atoms with Crippen LogP contribution in [0.15, 0.2) is 30.3 Å². The second-order valence-electron chi connectivity index (χ2n) is 6.93. The van der Waals surface area contributed by atoms with Crippen LogP contribution in [-0.4, -0.2) is 29.3 Å². The Morgan fingerprint density at radius 1 is 1.05 bits per heavy atom. The molecule has 3 aliphatic carbocycles. The highest BCUT2D eigenvalue weighted by Gasteiger charge is 2.53. The molecule has 1 aromatic rings. The van der Waals surface area contributed by atoms with Crippen molar-refractivity contribution < 1.29 is 4.79 Å². The van der Waals surface area contributed by atoms with Crippen LogP contribution in [0.4, 0.5) is 0 Å². The Bertz CT molecular complexity index is 505. The molecular weight excluding hydrogens is 246 g/mol. The van der Waals surface area contributed by atoms with Gasteiger partial charge in [0, 0.05) is 17.9 Å². The number of carbonyl (C=O) groups excluding carboxylic acids is 1. The third kappa shape index (κ3) is 1.85. The lowest BCUT2D eigenvalue weighted by atomic mass is 9.58. The van der Waals surface area contributed by atoms with Crippen molar-refractivity contribution in [1.29, 1.82) is 0 Å². The second kappa shape index (κ2) is 4.70. The van der Waals surface area contributed by atoms with Crippen molar-refractivity contribution in [2.75, 3.05) is 13.1 Å². The Morgan fingerprint density at radius 3 is 2.50 bits per heavy atom. The van der Waals surface area contributed by atoms with Gasteiger partial charge < -0.3 is 0 Å². The molecule has 106 valence electrons. The van der Waals surface area contributed by atoms with E-state index in [1.807, 2.05) is 0 Å². The molecule has 4 aliphatic rings. The molecular formula is C18H23NO. The zero-order valence-corrected chi connectivity index (χ0v) is 12.1. The van der Waals surface area contributed by atoms with Crippen LogP contribution < -0.4 is 0 Å². The molecule has 0 spiro atoms. The van der Waals surface area contributed by atoms with Crippen molar-refractivity contribution in [3.8, 4) is 0 Å². The summed E-state index contributed by atoms with van der Waals surface area (Å²) in [7, 11) is 0. The predicted molar refractivity (Wildman–Crippen MR) is 79.7 cm³/mol. The van der Waals surface area contributed by atoms with E-state index in [0.29, 0.717) is 17.6 Å². The van der Waals surface area contributed by atoms with Crippen molar-refractivity contribution in [2.45, 2.75) is 50.0 Å². The molecule has 3 saturated carbocycles. The van der Waals surface area contributed by atoms with Gasteiger partial charge in [-0.25, -0.2) is 0 Å². The Morgan fingerprint density at radius 2 is 1.80 bits per heavy atom. The third-order valence-corrected chi connectivity index (χ3v) is 5.93. The van der Waals surface area contributed by atoms with Crippen molar-refractivity contribution in [3.05, 3.63) is 35.9 Å². The van der Waals surface area contributed by atoms with Crippen molar-refractivity contribution in [3.63, 3.8) is 0 Å². The number of nitrogens with zero attached hydrogens (tertiary/aromatic N) is 1. The minimum Gasteiger partial charge on any atom is -0.299 e. The number of likely N-dealkylation sites (tertiary alicyclic amines) is 1. The highest BCUT2D eigenvalue weighted by atomic mass is 16.1. The van der Waals surface area contributed by atoms with E-state index < -0.39 is 0 Å². The standard InChI is InChI=1S/C18H23NO/c20-17-13-18(19-10-4-5-11-19)9-8-15(17)16(12-18)14-6-2-1-3-7-14/h1-3,6-7,15-16H,4-5,8-13H2. The highest BCUT2D eigenvalue weighted by Crippen LogP contribution is 2.53. The average Bonchev–Trinajstić information content (AvgIpc) is 3.03. The van der Waals surface area contributed by atoms with Crippen LogP contribution in [-0.2, 0) is 4.79 Å². The largest absolute Gasteiger partial charge is 0.299 e. The predicted octanol–water partition coefficient (Wildman–Crippen LogP) is 3.38. The van der Waals surface area contributed by atoms with E-state index in [-0.39, 0.29) is 5.54 Å². The summed E-state index contributed by atoms with van der Waals surface area (Å²) < 4.78 is 0. The van der Waals surface area contributed by atoms with Crippen LogP contribution in [0.25, 0.3) is 0 Å². The number of hydrogen-bond acceptors (Lipinski definition) is 2. The summed E-state index contributed by atoms with van der Waals surface area (Å²) in [5.74, 6) is 1.29. The summed E-state index contributed by atoms with van der Waals surface area (Å²) in [5.41, 5.74) is 1.58. The summed E-state index contributed by atoms with van der Waals surface area (Å²) in [6.07, 6.45) is 7.00. The maximum atomic E-state index is 12.6. The number of fused-ring (bicyclic) bond motifs is 3. The molecule has 0 amide bonds. The molecule has 2 heteroatoms. The lowest BCUT2D eigenvalue weighted by molar-refractivity contribution is -0.137. The van der Waals surface area contributed by atoms with Gasteiger partial charge in [0.05, 0.1) is 0 Å². The fraction of sp³-hybridized carbons (Fsp3) is 0.611. The molecule has 20 heavy (non-hydrogen) atoms. The van der Waals surface area contributed by atoms with E-state index in [1.54, 1.807) is 0 Å². The lowest BCUT2D eigenvalue weighted by Gasteiger charge is -2.54. The molecule has 0 N–H and O–H groups in total. The summed E-state index contributed by atoms with van der Waals surface area (Å²) in [6.45, 7) is 2.42. The van der Waals surface area contributed by atoms with Gasteiger partial charge in [-0.1, -0.05) is 30.3 Å². The van der Waals surface area contributed by atoms with Crippen molar-refractivity contribution in [1.82, 2.24) is 4.90 Å². The maximum absolute atomic E-state index is 12.6. The summed E-state index contributed by atoms with van der Waals surface area (Å²) in [5, 5.41) is 0. The lowest BCUT2D eigenvalue weighted by Crippen LogP contribution is -2.58. The summed E-state index contributed by atoms with van der Waals surface area (Å²) in [6, 6.07) is 10.7. The Kier molecular flexibility index (Phi) is 2.95. The average molecular weight is 269 g/mol. The van der Waals surface area contributed by atoms with Gasteiger partial charge in [0.2, 0.25) is 0 Å². The SMILES string of the molecule is O=C1CC2(N3CCCC3)CCC1C(c1ccccc1)C2. The molecule has 2 nitrogen and oxygen atoms in total. The first-order valence-electron chi connectivity index (χ1n) is 8.11. The van der Waals surface area contributed by atoms with E-state index in [0.717, 1.165) is 12.8 Å². The first kappa shape index (κ1) is 12.6. The fourth-order valence-corrected chi connectivity index (χ4v) is 4.92. The fourth-order valence-electron chi connectivity index (χ4n) is 4.92. The number of ketones is 1. The Hall–Kier alpha value is -1.15. The number of benzene rings is 1. The number of hydrogen-bond donors (Lipinski definition) is 0. The van der Waals surface area contributed by atoms with E-state index in [4.69, 9.17) is 0 Å². The Labute approximate surface area is 121 Å². The van der Waals surface area contributed by atoms with Crippen LogP contribution in [0.1, 0.15) is 50.0 Å². The van der Waals surface area contributed by atoms with Gasteiger partial charge >= 0.3 is 0 Å². The van der Waals surface area contributed by atoms with Crippen LogP contribution in [0.2, 0.25) is 0 Å². The van der Waals surface area contributed by atoms with Crippen LogP contribution in [0, 0.1) is 5.92 Å². The van der Waals surface area contributed by atoms with E-state index in [1.165, 1.54) is 44.3 Å². The molecule has 5 rings (SSSR count). The molecule has 3 unspecified atom stereocenters. The normalized spacial score (nSPS) is 37.5. The van der Waals surface area contributed by atoms with Gasteiger partial charge in [0.25, 0.3) is 0 Å². The minimum absolute atomic E-state index is 0.197. The van der Waals surface area contributed by atoms with Gasteiger partial charge in [-0.2, -0.15) is 0 Å². The van der Waals surface area contributed by atoms with Gasteiger partial charge in [-0.15, -0.1) is 0 Å². The highest BCUT2D eigenvalue weighted by molar-refractivity contribution is 5.85. The molecule has 0 aromatic heterocycles. The second-order valence-corrected chi connectivity index (χ2v) is 6.93. The molecule has 3 atom stereocenters. The first-order chi connectivity index (χ1) is 9.78. The monoisotopic (exact) mass is 269 g/mol. The van der Waals surface area contributed by atoms with E-state index in [9.17, 15) is 4.79 Å². The molecule has 1 aliphatic heterocycles. The molecule has 0 radical (unpaired) electrons. The number of rotatable bonds is 2.